The van der Waals surface area contributed by atoms with Gasteiger partial charge in [-0.2, -0.15) is 5.10 Å². The minimum Gasteiger partial charge on any atom is -0.350 e. The van der Waals surface area contributed by atoms with Crippen LogP contribution < -0.4 is 5.32 Å². The van der Waals surface area contributed by atoms with Gasteiger partial charge in [-0.3, -0.25) is 19.6 Å². The summed E-state index contributed by atoms with van der Waals surface area (Å²) in [5.41, 5.74) is -0.265. The predicted molar refractivity (Wildman–Crippen MR) is 66.3 cm³/mol. The fourth-order valence-electron chi connectivity index (χ4n) is 1.66. The lowest BCUT2D eigenvalue weighted by atomic mass is 10.2. The predicted octanol–water partition coefficient (Wildman–Crippen LogP) is 1.64. The van der Waals surface area contributed by atoms with E-state index in [4.69, 9.17) is 0 Å². The van der Waals surface area contributed by atoms with Crippen LogP contribution in [0.15, 0.2) is 6.20 Å². The lowest BCUT2D eigenvalue weighted by Crippen LogP contribution is -2.27. The van der Waals surface area contributed by atoms with E-state index in [1.807, 2.05) is 0 Å². The molecule has 1 heterocycles. The zero-order valence-electron chi connectivity index (χ0n) is 10.7. The van der Waals surface area contributed by atoms with Crippen LogP contribution in [0.25, 0.3) is 0 Å². The van der Waals surface area contributed by atoms with E-state index in [1.165, 1.54) is 11.7 Å². The number of hydrogen-bond acceptors (Lipinski definition) is 4. The highest BCUT2D eigenvalue weighted by atomic mass is 16.6. The molecule has 18 heavy (non-hydrogen) atoms. The molecule has 0 fully saturated rings. The summed E-state index contributed by atoms with van der Waals surface area (Å²) in [5.74, 6) is -0.446. The molecule has 0 aromatic carbocycles. The van der Waals surface area contributed by atoms with E-state index in [2.05, 4.69) is 17.3 Å². The Hall–Kier alpha value is -1.92. The summed E-state index contributed by atoms with van der Waals surface area (Å²) in [4.78, 5) is 21.9. The summed E-state index contributed by atoms with van der Waals surface area (Å²) in [6, 6.07) is 0. The van der Waals surface area contributed by atoms with Gasteiger partial charge in [-0.1, -0.05) is 26.2 Å². The van der Waals surface area contributed by atoms with Crippen LogP contribution in [0.2, 0.25) is 0 Å². The van der Waals surface area contributed by atoms with E-state index in [0.29, 0.717) is 6.54 Å². The molecule has 1 N–H and O–H groups in total. The van der Waals surface area contributed by atoms with E-state index in [1.54, 1.807) is 0 Å². The highest BCUT2D eigenvalue weighted by molar-refractivity contribution is 5.96. The number of nitrogens with zero attached hydrogens (tertiary/aromatic N) is 3. The van der Waals surface area contributed by atoms with Crippen molar-refractivity contribution in [3.05, 3.63) is 22.0 Å². The fraction of sp³-hybridized carbons (Fsp3) is 0.636. The Morgan fingerprint density at radius 2 is 2.22 bits per heavy atom. The molecule has 0 saturated heterocycles. The number of hydrogen-bond donors (Lipinski definition) is 1. The van der Waals surface area contributed by atoms with Gasteiger partial charge in [0.25, 0.3) is 5.91 Å². The van der Waals surface area contributed by atoms with Gasteiger partial charge in [0.1, 0.15) is 6.20 Å². The van der Waals surface area contributed by atoms with Gasteiger partial charge in [0.15, 0.2) is 0 Å². The van der Waals surface area contributed by atoms with Gasteiger partial charge >= 0.3 is 5.69 Å². The zero-order valence-corrected chi connectivity index (χ0v) is 10.7. The molecule has 1 aromatic heterocycles. The largest absolute Gasteiger partial charge is 0.350 e. The monoisotopic (exact) mass is 254 g/mol. The van der Waals surface area contributed by atoms with Crippen molar-refractivity contribution in [2.45, 2.75) is 32.6 Å². The number of carbonyl (C=O) groups is 1. The first-order valence-corrected chi connectivity index (χ1v) is 6.02. The topological polar surface area (TPSA) is 90.1 Å². The van der Waals surface area contributed by atoms with Crippen molar-refractivity contribution in [3.63, 3.8) is 0 Å². The molecule has 0 saturated carbocycles. The Morgan fingerprint density at radius 1 is 1.50 bits per heavy atom. The first-order chi connectivity index (χ1) is 8.57. The molecule has 0 radical (unpaired) electrons. The van der Waals surface area contributed by atoms with Gasteiger partial charge in [-0.15, -0.1) is 0 Å². The maximum atomic E-state index is 11.8. The third-order valence-corrected chi connectivity index (χ3v) is 2.65. The quantitative estimate of drug-likeness (QED) is 0.455. The molecular weight excluding hydrogens is 236 g/mol. The van der Waals surface area contributed by atoms with Crippen LogP contribution in [-0.4, -0.2) is 27.2 Å². The molecule has 0 atom stereocenters. The summed E-state index contributed by atoms with van der Waals surface area (Å²) in [5, 5.41) is 17.1. The van der Waals surface area contributed by atoms with Crippen LogP contribution in [0.3, 0.4) is 0 Å². The van der Waals surface area contributed by atoms with Crippen LogP contribution in [0.4, 0.5) is 5.69 Å². The second-order valence-corrected chi connectivity index (χ2v) is 4.08. The van der Waals surface area contributed by atoms with E-state index < -0.39 is 10.8 Å². The molecule has 1 amide bonds. The van der Waals surface area contributed by atoms with E-state index >= 15 is 0 Å². The van der Waals surface area contributed by atoms with Crippen molar-refractivity contribution in [3.8, 4) is 0 Å². The Balaban J connectivity index is 2.56. The second-order valence-electron chi connectivity index (χ2n) is 4.08. The van der Waals surface area contributed by atoms with Crippen molar-refractivity contribution < 1.29 is 9.72 Å². The molecule has 1 rings (SSSR count). The van der Waals surface area contributed by atoms with Gasteiger partial charge in [-0.25, -0.2) is 0 Å². The molecule has 7 nitrogen and oxygen atoms in total. The first kappa shape index (κ1) is 14.1. The van der Waals surface area contributed by atoms with Crippen LogP contribution >= 0.6 is 0 Å². The Labute approximate surface area is 105 Å². The number of aromatic nitrogens is 2. The molecule has 100 valence electrons. The van der Waals surface area contributed by atoms with Gasteiger partial charge < -0.3 is 5.32 Å². The summed E-state index contributed by atoms with van der Waals surface area (Å²) in [6.45, 7) is 2.64. The maximum Gasteiger partial charge on any atom is 0.320 e. The molecule has 0 aliphatic rings. The summed E-state index contributed by atoms with van der Waals surface area (Å²) in [7, 11) is 1.51. The smallest absolute Gasteiger partial charge is 0.320 e. The van der Waals surface area contributed by atoms with Gasteiger partial charge in [0.05, 0.1) is 4.92 Å². The number of unbranched alkanes of at least 4 members (excludes halogenated alkanes) is 3. The SMILES string of the molecule is CCCCCCNC(=O)c1c([N+](=O)[O-])cnn1C. The highest BCUT2D eigenvalue weighted by Crippen LogP contribution is 2.16. The number of rotatable bonds is 7. The van der Waals surface area contributed by atoms with Crippen LogP contribution in [-0.2, 0) is 7.05 Å². The molecule has 0 bridgehead atoms. The fourth-order valence-corrected chi connectivity index (χ4v) is 1.66. The van der Waals surface area contributed by atoms with Crippen LogP contribution in [0.1, 0.15) is 43.1 Å². The Kier molecular flexibility index (Phi) is 5.29. The van der Waals surface area contributed by atoms with E-state index in [9.17, 15) is 14.9 Å². The maximum absolute atomic E-state index is 11.8. The van der Waals surface area contributed by atoms with Crippen molar-refractivity contribution >= 4 is 11.6 Å². The van der Waals surface area contributed by atoms with Gasteiger partial charge in [0, 0.05) is 13.6 Å². The van der Waals surface area contributed by atoms with Crippen molar-refractivity contribution in [2.24, 2.45) is 7.05 Å². The van der Waals surface area contributed by atoms with E-state index in [0.717, 1.165) is 31.9 Å². The minimum atomic E-state index is -0.598. The van der Waals surface area contributed by atoms with Gasteiger partial charge in [-0.05, 0) is 6.42 Å². The number of nitrogens with one attached hydrogen (secondary N) is 1. The third-order valence-electron chi connectivity index (χ3n) is 2.65. The molecule has 0 aliphatic heterocycles. The molecule has 1 aromatic rings. The van der Waals surface area contributed by atoms with Crippen molar-refractivity contribution in [1.29, 1.82) is 0 Å². The normalized spacial score (nSPS) is 10.3. The second kappa shape index (κ2) is 6.73. The number of amides is 1. The lowest BCUT2D eigenvalue weighted by molar-refractivity contribution is -0.385. The molecule has 0 aliphatic carbocycles. The summed E-state index contributed by atoms with van der Waals surface area (Å²) < 4.78 is 1.22. The summed E-state index contributed by atoms with van der Waals surface area (Å²) >= 11 is 0. The van der Waals surface area contributed by atoms with Crippen molar-refractivity contribution in [1.82, 2.24) is 15.1 Å². The third kappa shape index (κ3) is 3.54. The number of nitro groups is 1. The Bertz CT molecular complexity index is 428. The molecule has 0 unspecified atom stereocenters. The Morgan fingerprint density at radius 3 is 2.83 bits per heavy atom. The van der Waals surface area contributed by atoms with Crippen LogP contribution in [0.5, 0.6) is 0 Å². The van der Waals surface area contributed by atoms with Gasteiger partial charge in [0.2, 0.25) is 5.69 Å². The zero-order chi connectivity index (χ0) is 13.5. The average molecular weight is 254 g/mol. The van der Waals surface area contributed by atoms with Crippen molar-refractivity contribution in [2.75, 3.05) is 6.54 Å². The number of carbonyl (C=O) groups excluding carboxylic acids is 1. The number of aryl methyl sites for hydroxylation is 1. The molecule has 0 spiro atoms. The molecular formula is C11H18N4O3. The first-order valence-electron chi connectivity index (χ1n) is 6.02. The lowest BCUT2D eigenvalue weighted by Gasteiger charge is -2.04. The minimum absolute atomic E-state index is 0.00417. The average Bonchev–Trinajstić information content (AvgIpc) is 2.71. The summed E-state index contributed by atoms with van der Waals surface area (Å²) in [6.07, 6.45) is 5.27. The van der Waals surface area contributed by atoms with E-state index in [-0.39, 0.29) is 11.4 Å². The standard InChI is InChI=1S/C11H18N4O3/c1-3-4-5-6-7-12-11(16)10-9(15(17)18)8-13-14(10)2/h8H,3-7H2,1-2H3,(H,12,16). The van der Waals surface area contributed by atoms with Crippen LogP contribution in [0, 0.1) is 10.1 Å². The highest BCUT2D eigenvalue weighted by Gasteiger charge is 2.24. The molecule has 7 heteroatoms.